The van der Waals surface area contributed by atoms with Gasteiger partial charge in [-0.1, -0.05) is 0 Å². The van der Waals surface area contributed by atoms with Gasteiger partial charge in [-0.15, -0.1) is 0 Å². The number of hydrogen-bond donors (Lipinski definition) is 1. The number of ether oxygens (including phenoxy) is 1. The van der Waals surface area contributed by atoms with Crippen molar-refractivity contribution in [3.05, 3.63) is 22.4 Å². The summed E-state index contributed by atoms with van der Waals surface area (Å²) in [5, 5.41) is 19.1. The second-order valence-electron chi connectivity index (χ2n) is 3.65. The van der Waals surface area contributed by atoms with Crippen molar-refractivity contribution in [3.63, 3.8) is 0 Å². The molecule has 0 aliphatic carbocycles. The Labute approximate surface area is 98.2 Å². The molecule has 1 atom stereocenters. The van der Waals surface area contributed by atoms with E-state index in [1.807, 2.05) is 0 Å². The maximum absolute atomic E-state index is 11.2. The zero-order valence-corrected chi connectivity index (χ0v) is 9.66. The van der Waals surface area contributed by atoms with E-state index in [1.165, 1.54) is 0 Å². The lowest BCUT2D eigenvalue weighted by atomic mass is 10.1. The monoisotopic (exact) mass is 245 g/mol. The van der Waals surface area contributed by atoms with Crippen molar-refractivity contribution in [1.29, 1.82) is 0 Å². The first-order chi connectivity index (χ1) is 7.81. The van der Waals surface area contributed by atoms with Crippen molar-refractivity contribution < 1.29 is 24.4 Å². The van der Waals surface area contributed by atoms with E-state index in [2.05, 4.69) is 0 Å². The number of ketones is 1. The van der Waals surface area contributed by atoms with Crippen LogP contribution in [0.5, 0.6) is 0 Å². The van der Waals surface area contributed by atoms with Crippen LogP contribution in [0.2, 0.25) is 0 Å². The quantitative estimate of drug-likeness (QED) is 0.302. The van der Waals surface area contributed by atoms with Gasteiger partial charge in [0.15, 0.2) is 0 Å². The number of nitro groups is 1. The van der Waals surface area contributed by atoms with E-state index in [0.717, 1.165) is 6.08 Å². The van der Waals surface area contributed by atoms with E-state index < -0.39 is 29.2 Å². The Morgan fingerprint density at radius 3 is 2.53 bits per heavy atom. The predicted molar refractivity (Wildman–Crippen MR) is 57.6 cm³/mol. The summed E-state index contributed by atoms with van der Waals surface area (Å²) in [4.78, 5) is 31.5. The average molecular weight is 245 g/mol. The smallest absolute Gasteiger partial charge is 0.313 e. The van der Waals surface area contributed by atoms with Gasteiger partial charge in [0.25, 0.3) is 0 Å². The van der Waals surface area contributed by atoms with E-state index in [1.54, 1.807) is 13.8 Å². The molecule has 0 aliphatic heterocycles. The summed E-state index contributed by atoms with van der Waals surface area (Å²) in [6.07, 6.45) is -0.941. The Bertz CT molecular complexity index is 323. The van der Waals surface area contributed by atoms with Gasteiger partial charge in [0.2, 0.25) is 6.20 Å². The van der Waals surface area contributed by atoms with Gasteiger partial charge in [-0.25, -0.2) is 0 Å². The fourth-order valence-electron chi connectivity index (χ4n) is 1.01. The number of hydrogen-bond acceptors (Lipinski definition) is 6. The van der Waals surface area contributed by atoms with Gasteiger partial charge in [-0.3, -0.25) is 19.7 Å². The third-order valence-electron chi connectivity index (χ3n) is 1.58. The van der Waals surface area contributed by atoms with Crippen molar-refractivity contribution in [2.45, 2.75) is 38.9 Å². The highest BCUT2D eigenvalue weighted by Gasteiger charge is 2.15. The Hall–Kier alpha value is -1.76. The predicted octanol–water partition coefficient (Wildman–Crippen LogP) is 0.439. The number of esters is 1. The van der Waals surface area contributed by atoms with Gasteiger partial charge in [0.1, 0.15) is 12.2 Å². The van der Waals surface area contributed by atoms with E-state index in [9.17, 15) is 24.8 Å². The standard InChI is InChI=1S/C10H15NO6/c1-7(2)17-10(14)6-9(13)5-8(12)3-4-11(15)16/h3-4,7-8,12H,5-6H2,1-2H3. The summed E-state index contributed by atoms with van der Waals surface area (Å²) in [5.74, 6) is -1.20. The molecule has 0 rings (SSSR count). The number of aliphatic hydroxyl groups excluding tert-OH is 1. The lowest BCUT2D eigenvalue weighted by Gasteiger charge is -2.07. The average Bonchev–Trinajstić information content (AvgIpc) is 2.12. The van der Waals surface area contributed by atoms with Crippen LogP contribution in [-0.2, 0) is 14.3 Å². The van der Waals surface area contributed by atoms with Crippen LogP contribution in [-0.4, -0.2) is 34.0 Å². The number of carbonyl (C=O) groups is 2. The molecule has 96 valence electrons. The highest BCUT2D eigenvalue weighted by atomic mass is 16.6. The van der Waals surface area contributed by atoms with E-state index >= 15 is 0 Å². The molecule has 0 aromatic heterocycles. The van der Waals surface area contributed by atoms with Gasteiger partial charge in [-0.2, -0.15) is 0 Å². The molecule has 17 heavy (non-hydrogen) atoms. The van der Waals surface area contributed by atoms with E-state index in [-0.39, 0.29) is 12.5 Å². The minimum atomic E-state index is -1.26. The SMILES string of the molecule is CC(C)OC(=O)CC(=O)CC(O)C=C[N+](=O)[O-]. The molecule has 0 spiro atoms. The number of nitrogens with zero attached hydrogens (tertiary/aromatic N) is 1. The maximum atomic E-state index is 11.2. The Morgan fingerprint density at radius 2 is 2.06 bits per heavy atom. The van der Waals surface area contributed by atoms with Crippen molar-refractivity contribution >= 4 is 11.8 Å². The molecule has 0 radical (unpaired) electrons. The number of Topliss-reactive ketones (excluding diaryl/α,β-unsaturated/α-hetero) is 1. The molecule has 0 amide bonds. The Balaban J connectivity index is 4.01. The Morgan fingerprint density at radius 1 is 1.47 bits per heavy atom. The van der Waals surface area contributed by atoms with Crippen LogP contribution in [0.25, 0.3) is 0 Å². The molecular weight excluding hydrogens is 230 g/mol. The summed E-state index contributed by atoms with van der Waals surface area (Å²) >= 11 is 0. The molecule has 0 aliphatic rings. The highest BCUT2D eigenvalue weighted by molar-refractivity contribution is 5.95. The fraction of sp³-hybridized carbons (Fsp3) is 0.600. The van der Waals surface area contributed by atoms with Crippen LogP contribution in [0.1, 0.15) is 26.7 Å². The molecule has 0 aromatic rings. The number of rotatable bonds is 7. The molecule has 0 aromatic carbocycles. The first-order valence-corrected chi connectivity index (χ1v) is 5.02. The summed E-state index contributed by atoms with van der Waals surface area (Å²) < 4.78 is 4.73. The van der Waals surface area contributed by atoms with Gasteiger partial charge in [0, 0.05) is 12.5 Å². The fourth-order valence-corrected chi connectivity index (χ4v) is 1.01. The van der Waals surface area contributed by atoms with E-state index in [4.69, 9.17) is 4.74 Å². The summed E-state index contributed by atoms with van der Waals surface area (Å²) in [6, 6.07) is 0. The second kappa shape index (κ2) is 7.50. The lowest BCUT2D eigenvalue weighted by molar-refractivity contribution is -0.402. The van der Waals surface area contributed by atoms with Gasteiger partial charge in [-0.05, 0) is 13.8 Å². The molecule has 7 heteroatoms. The Kier molecular flexibility index (Phi) is 6.73. The molecular formula is C10H15NO6. The van der Waals surface area contributed by atoms with E-state index in [0.29, 0.717) is 6.20 Å². The van der Waals surface area contributed by atoms with Crippen LogP contribution in [0, 0.1) is 10.1 Å². The van der Waals surface area contributed by atoms with Crippen LogP contribution >= 0.6 is 0 Å². The van der Waals surface area contributed by atoms with Crippen LogP contribution in [0.3, 0.4) is 0 Å². The molecule has 0 saturated carbocycles. The summed E-state index contributed by atoms with van der Waals surface area (Å²) in [5.41, 5.74) is 0. The van der Waals surface area contributed by atoms with Crippen LogP contribution < -0.4 is 0 Å². The molecule has 1 unspecified atom stereocenters. The minimum absolute atomic E-state index is 0.311. The third kappa shape index (κ3) is 9.19. The van der Waals surface area contributed by atoms with Crippen molar-refractivity contribution in [2.75, 3.05) is 0 Å². The largest absolute Gasteiger partial charge is 0.463 e. The molecule has 0 fully saturated rings. The molecule has 0 heterocycles. The highest BCUT2D eigenvalue weighted by Crippen LogP contribution is 2.01. The van der Waals surface area contributed by atoms with Crippen LogP contribution in [0.15, 0.2) is 12.3 Å². The zero-order valence-electron chi connectivity index (χ0n) is 9.66. The van der Waals surface area contributed by atoms with Crippen molar-refractivity contribution in [1.82, 2.24) is 0 Å². The molecule has 0 saturated heterocycles. The van der Waals surface area contributed by atoms with Gasteiger partial charge in [0.05, 0.1) is 17.1 Å². The summed E-state index contributed by atoms with van der Waals surface area (Å²) in [6.45, 7) is 3.30. The third-order valence-corrected chi connectivity index (χ3v) is 1.58. The number of aliphatic hydroxyl groups is 1. The molecule has 7 nitrogen and oxygen atoms in total. The normalized spacial score (nSPS) is 12.7. The lowest BCUT2D eigenvalue weighted by Crippen LogP contribution is -2.18. The zero-order chi connectivity index (χ0) is 13.4. The van der Waals surface area contributed by atoms with Crippen molar-refractivity contribution in [3.8, 4) is 0 Å². The topological polar surface area (TPSA) is 107 Å². The van der Waals surface area contributed by atoms with Gasteiger partial charge < -0.3 is 9.84 Å². The first kappa shape index (κ1) is 15.2. The molecule has 1 N–H and O–H groups in total. The number of carbonyl (C=O) groups excluding carboxylic acids is 2. The minimum Gasteiger partial charge on any atom is -0.463 e. The second-order valence-corrected chi connectivity index (χ2v) is 3.65. The first-order valence-electron chi connectivity index (χ1n) is 5.02. The van der Waals surface area contributed by atoms with Crippen molar-refractivity contribution in [2.24, 2.45) is 0 Å². The summed E-state index contributed by atoms with van der Waals surface area (Å²) in [7, 11) is 0. The van der Waals surface area contributed by atoms with Crippen LogP contribution in [0.4, 0.5) is 0 Å². The molecule has 0 bridgehead atoms. The van der Waals surface area contributed by atoms with Gasteiger partial charge >= 0.3 is 5.97 Å². The maximum Gasteiger partial charge on any atom is 0.313 e.